The van der Waals surface area contributed by atoms with Crippen LogP contribution in [0.15, 0.2) is 40.3 Å². The van der Waals surface area contributed by atoms with Crippen LogP contribution in [-0.4, -0.2) is 31.0 Å². The molecule has 0 bridgehead atoms. The molecule has 1 N–H and O–H groups in total. The van der Waals surface area contributed by atoms with Crippen molar-refractivity contribution in [2.45, 2.75) is 35.0 Å². The van der Waals surface area contributed by atoms with Gasteiger partial charge in [-0.3, -0.25) is 5.10 Å². The third kappa shape index (κ3) is 2.76. The predicted molar refractivity (Wildman–Crippen MR) is 70.1 cm³/mol. The van der Waals surface area contributed by atoms with E-state index in [1.165, 1.54) is 17.2 Å². The molecule has 0 aliphatic carbocycles. The molecule has 1 aromatic carbocycles. The molecule has 2 aromatic rings. The Bertz CT molecular complexity index is 830. The van der Waals surface area contributed by atoms with Crippen LogP contribution in [0, 0.1) is 6.92 Å². The Morgan fingerprint density at radius 1 is 1.08 bits per heavy atom. The van der Waals surface area contributed by atoms with Crippen LogP contribution < -0.4 is 0 Å². The number of benzene rings is 1. The Morgan fingerprint density at radius 3 is 2.12 bits per heavy atom. The standard InChI is InChI=1S/C13H10F6N2O2S/c1-7-2-4-8(5-3-7)24(22,23)9-6-20-21-10(9)12(16,17)13(18,19)11(14)15/h2-6,11H,1H3,(H,20,21). The summed E-state index contributed by atoms with van der Waals surface area (Å²) in [5.74, 6) is -11.2. The van der Waals surface area contributed by atoms with Crippen molar-refractivity contribution in [1.29, 1.82) is 0 Å². The summed E-state index contributed by atoms with van der Waals surface area (Å²) >= 11 is 0. The molecule has 0 amide bonds. The van der Waals surface area contributed by atoms with Gasteiger partial charge in [0.1, 0.15) is 10.6 Å². The van der Waals surface area contributed by atoms with Gasteiger partial charge in [0.25, 0.3) is 0 Å². The topological polar surface area (TPSA) is 62.8 Å². The number of hydrogen-bond acceptors (Lipinski definition) is 3. The second-order valence-corrected chi connectivity index (χ2v) is 6.84. The number of nitrogens with one attached hydrogen (secondary N) is 1. The first-order valence-electron chi connectivity index (χ1n) is 6.31. The van der Waals surface area contributed by atoms with Crippen LogP contribution in [0.4, 0.5) is 26.3 Å². The molecule has 11 heteroatoms. The zero-order chi connectivity index (χ0) is 18.3. The molecule has 24 heavy (non-hydrogen) atoms. The average Bonchev–Trinajstić information content (AvgIpc) is 2.98. The summed E-state index contributed by atoms with van der Waals surface area (Å²) in [4.78, 5) is -1.76. The van der Waals surface area contributed by atoms with Crippen molar-refractivity contribution in [2.24, 2.45) is 0 Å². The summed E-state index contributed by atoms with van der Waals surface area (Å²) in [7, 11) is -4.66. The molecule has 0 unspecified atom stereocenters. The van der Waals surface area contributed by atoms with Crippen molar-refractivity contribution in [2.75, 3.05) is 0 Å². The van der Waals surface area contributed by atoms with Gasteiger partial charge in [-0.15, -0.1) is 0 Å². The Labute approximate surface area is 132 Å². The van der Waals surface area contributed by atoms with Gasteiger partial charge in [0.2, 0.25) is 9.84 Å². The molecule has 0 fully saturated rings. The molecule has 132 valence electrons. The molecular formula is C13H10F6N2O2S. The second kappa shape index (κ2) is 5.80. The molecule has 0 radical (unpaired) electrons. The molecule has 2 rings (SSSR count). The summed E-state index contributed by atoms with van der Waals surface area (Å²) in [6, 6.07) is 4.87. The normalized spacial score (nSPS) is 13.5. The Kier molecular flexibility index (Phi) is 4.42. The smallest absolute Gasteiger partial charge is 0.275 e. The lowest BCUT2D eigenvalue weighted by Crippen LogP contribution is -2.45. The third-order valence-corrected chi connectivity index (χ3v) is 5.01. The quantitative estimate of drug-likeness (QED) is 0.817. The van der Waals surface area contributed by atoms with E-state index in [2.05, 4.69) is 5.10 Å². The maximum absolute atomic E-state index is 13.8. The van der Waals surface area contributed by atoms with Crippen LogP contribution in [0.3, 0.4) is 0 Å². The minimum Gasteiger partial charge on any atom is -0.275 e. The lowest BCUT2D eigenvalue weighted by molar-refractivity contribution is -0.272. The molecule has 0 saturated carbocycles. The van der Waals surface area contributed by atoms with Gasteiger partial charge in [-0.05, 0) is 19.1 Å². The maximum atomic E-state index is 13.8. The second-order valence-electron chi connectivity index (χ2n) is 4.92. The zero-order valence-corrected chi connectivity index (χ0v) is 12.7. The molecule has 0 aliphatic heterocycles. The van der Waals surface area contributed by atoms with E-state index in [4.69, 9.17) is 0 Å². The fourth-order valence-electron chi connectivity index (χ4n) is 1.85. The number of halogens is 6. The average molecular weight is 372 g/mol. The Hall–Kier alpha value is -2.04. The van der Waals surface area contributed by atoms with Crippen LogP contribution in [-0.2, 0) is 15.8 Å². The first-order chi connectivity index (χ1) is 10.9. The Balaban J connectivity index is 2.61. The first-order valence-corrected chi connectivity index (χ1v) is 7.80. The Morgan fingerprint density at radius 2 is 1.62 bits per heavy atom. The van der Waals surface area contributed by atoms with Crippen molar-refractivity contribution < 1.29 is 34.8 Å². The molecule has 4 nitrogen and oxygen atoms in total. The number of rotatable bonds is 5. The van der Waals surface area contributed by atoms with Gasteiger partial charge in [0.15, 0.2) is 0 Å². The number of nitrogens with zero attached hydrogens (tertiary/aromatic N) is 1. The minimum absolute atomic E-state index is 0.375. The number of aryl methyl sites for hydroxylation is 1. The number of alkyl halides is 6. The van der Waals surface area contributed by atoms with Gasteiger partial charge >= 0.3 is 18.3 Å². The van der Waals surface area contributed by atoms with Crippen molar-refractivity contribution >= 4 is 9.84 Å². The van der Waals surface area contributed by atoms with Gasteiger partial charge in [-0.2, -0.15) is 22.7 Å². The molecule has 0 saturated heterocycles. The van der Waals surface area contributed by atoms with E-state index >= 15 is 0 Å². The number of H-pyrrole nitrogens is 1. The van der Waals surface area contributed by atoms with E-state index in [0.29, 0.717) is 11.8 Å². The van der Waals surface area contributed by atoms with Crippen molar-refractivity contribution in [1.82, 2.24) is 10.2 Å². The van der Waals surface area contributed by atoms with Gasteiger partial charge in [0.05, 0.1) is 11.1 Å². The van der Waals surface area contributed by atoms with E-state index in [9.17, 15) is 34.8 Å². The molecule has 0 spiro atoms. The SMILES string of the molecule is Cc1ccc(S(=O)(=O)c2cn[nH]c2C(F)(F)C(F)(F)C(F)F)cc1. The van der Waals surface area contributed by atoms with E-state index in [1.54, 1.807) is 6.92 Å². The van der Waals surface area contributed by atoms with E-state index in [0.717, 1.165) is 12.1 Å². The van der Waals surface area contributed by atoms with Gasteiger partial charge in [0, 0.05) is 0 Å². The van der Waals surface area contributed by atoms with Gasteiger partial charge < -0.3 is 0 Å². The van der Waals surface area contributed by atoms with Gasteiger partial charge in [-0.25, -0.2) is 17.2 Å². The molecule has 0 aliphatic rings. The van der Waals surface area contributed by atoms with E-state index in [1.807, 2.05) is 0 Å². The summed E-state index contributed by atoms with van der Waals surface area (Å²) in [5.41, 5.74) is -1.23. The lowest BCUT2D eigenvalue weighted by atomic mass is 10.1. The summed E-state index contributed by atoms with van der Waals surface area (Å²) in [6.07, 6.45) is -4.33. The monoisotopic (exact) mass is 372 g/mol. The van der Waals surface area contributed by atoms with Crippen LogP contribution >= 0.6 is 0 Å². The van der Waals surface area contributed by atoms with Crippen molar-refractivity contribution in [3.8, 4) is 0 Å². The molecular weight excluding hydrogens is 362 g/mol. The predicted octanol–water partition coefficient (Wildman–Crippen LogP) is 3.54. The lowest BCUT2D eigenvalue weighted by Gasteiger charge is -2.25. The van der Waals surface area contributed by atoms with Crippen LogP contribution in [0.5, 0.6) is 0 Å². The number of aromatic nitrogens is 2. The maximum Gasteiger partial charge on any atom is 0.375 e. The highest BCUT2D eigenvalue weighted by Gasteiger charge is 2.66. The third-order valence-electron chi connectivity index (χ3n) is 3.23. The number of sulfone groups is 1. The summed E-state index contributed by atoms with van der Waals surface area (Å²) in [5, 5.41) is 4.41. The fraction of sp³-hybridized carbons (Fsp3) is 0.308. The largest absolute Gasteiger partial charge is 0.375 e. The zero-order valence-electron chi connectivity index (χ0n) is 11.9. The fourth-order valence-corrected chi connectivity index (χ4v) is 3.23. The van der Waals surface area contributed by atoms with Crippen LogP contribution in [0.1, 0.15) is 11.3 Å². The summed E-state index contributed by atoms with van der Waals surface area (Å²) < 4.78 is 103. The van der Waals surface area contributed by atoms with E-state index in [-0.39, 0.29) is 0 Å². The highest BCUT2D eigenvalue weighted by atomic mass is 32.2. The first kappa shape index (κ1) is 18.3. The molecule has 1 aromatic heterocycles. The highest BCUT2D eigenvalue weighted by molar-refractivity contribution is 7.91. The van der Waals surface area contributed by atoms with E-state index < -0.39 is 43.6 Å². The summed E-state index contributed by atoms with van der Waals surface area (Å²) in [6.45, 7) is 1.64. The molecule has 1 heterocycles. The number of hydrogen-bond donors (Lipinski definition) is 1. The highest BCUT2D eigenvalue weighted by Crippen LogP contribution is 2.47. The number of aromatic amines is 1. The van der Waals surface area contributed by atoms with Crippen molar-refractivity contribution in [3.05, 3.63) is 41.7 Å². The van der Waals surface area contributed by atoms with Gasteiger partial charge in [-0.1, -0.05) is 17.7 Å². The van der Waals surface area contributed by atoms with Crippen molar-refractivity contribution in [3.63, 3.8) is 0 Å². The minimum atomic E-state index is -5.78. The molecule has 0 atom stereocenters. The van der Waals surface area contributed by atoms with Crippen LogP contribution in [0.2, 0.25) is 0 Å². The van der Waals surface area contributed by atoms with Crippen LogP contribution in [0.25, 0.3) is 0 Å².